The van der Waals surface area contributed by atoms with Gasteiger partial charge in [-0.25, -0.2) is 0 Å². The number of aryl methyl sites for hydroxylation is 1. The van der Waals surface area contributed by atoms with Crippen LogP contribution in [0.5, 0.6) is 5.75 Å². The van der Waals surface area contributed by atoms with E-state index in [1.165, 1.54) is 7.11 Å². The van der Waals surface area contributed by atoms with E-state index >= 15 is 0 Å². The first-order valence-electron chi connectivity index (χ1n) is 9.89. The standard InChI is InChI=1S/C24H28O5/c1-24(2,3)29-22(25)20-12-10-17-14-18(28-15-16-8-6-5-7-9-16)11-13-19(17)21(20)23(26)27-4/h5-9,11,13-14,20-21H,10,12,15H2,1-4H3. The number of hydrogen-bond acceptors (Lipinski definition) is 5. The van der Waals surface area contributed by atoms with Gasteiger partial charge in [-0.15, -0.1) is 0 Å². The van der Waals surface area contributed by atoms with Crippen LogP contribution in [0.1, 0.15) is 49.8 Å². The number of carbonyl (C=O) groups excluding carboxylic acids is 2. The van der Waals surface area contributed by atoms with E-state index in [0.717, 1.165) is 22.4 Å². The fourth-order valence-corrected chi connectivity index (χ4v) is 3.68. The summed E-state index contributed by atoms with van der Waals surface area (Å²) in [6.07, 6.45) is 1.21. The molecule has 5 heteroatoms. The molecular formula is C24H28O5. The van der Waals surface area contributed by atoms with E-state index in [-0.39, 0.29) is 5.97 Å². The molecule has 5 nitrogen and oxygen atoms in total. The fourth-order valence-electron chi connectivity index (χ4n) is 3.68. The molecule has 0 heterocycles. The Hall–Kier alpha value is -2.82. The van der Waals surface area contributed by atoms with Crippen molar-refractivity contribution in [3.63, 3.8) is 0 Å². The summed E-state index contributed by atoms with van der Waals surface area (Å²) in [6.45, 7) is 5.95. The minimum Gasteiger partial charge on any atom is -0.489 e. The van der Waals surface area contributed by atoms with Gasteiger partial charge >= 0.3 is 11.9 Å². The van der Waals surface area contributed by atoms with Crippen molar-refractivity contribution in [1.29, 1.82) is 0 Å². The molecule has 0 amide bonds. The first-order valence-corrected chi connectivity index (χ1v) is 9.89. The average molecular weight is 396 g/mol. The largest absolute Gasteiger partial charge is 0.489 e. The van der Waals surface area contributed by atoms with Crippen LogP contribution in [0, 0.1) is 5.92 Å². The summed E-state index contributed by atoms with van der Waals surface area (Å²) in [5, 5.41) is 0. The quantitative estimate of drug-likeness (QED) is 0.700. The molecule has 2 aromatic rings. The Kier molecular flexibility index (Phi) is 6.26. The molecule has 0 fully saturated rings. The minimum atomic E-state index is -0.665. The zero-order chi connectivity index (χ0) is 21.0. The van der Waals surface area contributed by atoms with E-state index in [9.17, 15) is 9.59 Å². The highest BCUT2D eigenvalue weighted by molar-refractivity contribution is 5.87. The fraction of sp³-hybridized carbons (Fsp3) is 0.417. The van der Waals surface area contributed by atoms with Gasteiger partial charge in [-0.2, -0.15) is 0 Å². The lowest BCUT2D eigenvalue weighted by Gasteiger charge is -2.32. The lowest BCUT2D eigenvalue weighted by atomic mass is 9.75. The molecule has 0 saturated carbocycles. The first kappa shape index (κ1) is 20.9. The molecule has 1 aliphatic rings. The predicted molar refractivity (Wildman–Crippen MR) is 110 cm³/mol. The topological polar surface area (TPSA) is 61.8 Å². The third-order valence-electron chi connectivity index (χ3n) is 4.99. The van der Waals surface area contributed by atoms with Crippen molar-refractivity contribution in [1.82, 2.24) is 0 Å². The van der Waals surface area contributed by atoms with Crippen LogP contribution in [0.4, 0.5) is 0 Å². The number of benzene rings is 2. The summed E-state index contributed by atoms with van der Waals surface area (Å²) in [6, 6.07) is 15.6. The van der Waals surface area contributed by atoms with E-state index in [4.69, 9.17) is 14.2 Å². The molecule has 0 aromatic heterocycles. The Morgan fingerprint density at radius 1 is 1.03 bits per heavy atom. The SMILES string of the molecule is COC(=O)C1c2ccc(OCc3ccccc3)cc2CCC1C(=O)OC(C)(C)C. The number of esters is 2. The first-order chi connectivity index (χ1) is 13.8. The Bertz CT molecular complexity index is 867. The molecule has 0 bridgehead atoms. The molecule has 2 atom stereocenters. The van der Waals surface area contributed by atoms with Crippen LogP contribution in [0.2, 0.25) is 0 Å². The number of methoxy groups -OCH3 is 1. The van der Waals surface area contributed by atoms with E-state index < -0.39 is 23.4 Å². The maximum Gasteiger partial charge on any atom is 0.314 e. The highest BCUT2D eigenvalue weighted by Gasteiger charge is 2.42. The van der Waals surface area contributed by atoms with Gasteiger partial charge in [-0.1, -0.05) is 36.4 Å². The zero-order valence-corrected chi connectivity index (χ0v) is 17.4. The minimum absolute atomic E-state index is 0.358. The molecule has 0 aliphatic heterocycles. The van der Waals surface area contributed by atoms with Gasteiger partial charge in [-0.05, 0) is 62.4 Å². The lowest BCUT2D eigenvalue weighted by molar-refractivity contribution is -0.165. The van der Waals surface area contributed by atoms with Gasteiger partial charge in [0, 0.05) is 0 Å². The molecule has 0 radical (unpaired) electrons. The van der Waals surface area contributed by atoms with Crippen molar-refractivity contribution in [2.45, 2.75) is 51.7 Å². The molecule has 2 aromatic carbocycles. The van der Waals surface area contributed by atoms with Crippen molar-refractivity contribution in [2.24, 2.45) is 5.92 Å². The summed E-state index contributed by atoms with van der Waals surface area (Å²) in [5.74, 6) is -1.25. The molecule has 0 spiro atoms. The van der Waals surface area contributed by atoms with Crippen LogP contribution in [-0.4, -0.2) is 24.6 Å². The monoisotopic (exact) mass is 396 g/mol. The highest BCUT2D eigenvalue weighted by atomic mass is 16.6. The van der Waals surface area contributed by atoms with Crippen molar-refractivity contribution in [2.75, 3.05) is 7.11 Å². The Balaban J connectivity index is 1.82. The molecule has 0 saturated heterocycles. The summed E-state index contributed by atoms with van der Waals surface area (Å²) in [4.78, 5) is 25.3. The van der Waals surface area contributed by atoms with Crippen molar-refractivity contribution in [3.8, 4) is 5.75 Å². The normalized spacial score (nSPS) is 18.5. The summed E-state index contributed by atoms with van der Waals surface area (Å²) >= 11 is 0. The maximum absolute atomic E-state index is 12.7. The van der Waals surface area contributed by atoms with E-state index in [2.05, 4.69) is 0 Å². The van der Waals surface area contributed by atoms with E-state index in [1.54, 1.807) is 0 Å². The van der Waals surface area contributed by atoms with Crippen molar-refractivity contribution >= 4 is 11.9 Å². The van der Waals surface area contributed by atoms with E-state index in [1.807, 2.05) is 69.3 Å². The molecule has 3 rings (SSSR count). The second kappa shape index (κ2) is 8.68. The van der Waals surface area contributed by atoms with Crippen LogP contribution < -0.4 is 4.74 Å². The van der Waals surface area contributed by atoms with Crippen molar-refractivity contribution in [3.05, 3.63) is 65.2 Å². The summed E-state index contributed by atoms with van der Waals surface area (Å²) < 4.78 is 16.5. The van der Waals surface area contributed by atoms with Gasteiger partial charge in [0.15, 0.2) is 0 Å². The average Bonchev–Trinajstić information content (AvgIpc) is 2.70. The zero-order valence-electron chi connectivity index (χ0n) is 17.4. The second-order valence-electron chi connectivity index (χ2n) is 8.31. The second-order valence-corrected chi connectivity index (χ2v) is 8.31. The van der Waals surface area contributed by atoms with Gasteiger partial charge in [0.2, 0.25) is 0 Å². The third-order valence-corrected chi connectivity index (χ3v) is 4.99. The van der Waals surface area contributed by atoms with Crippen LogP contribution >= 0.6 is 0 Å². The number of rotatable bonds is 5. The Morgan fingerprint density at radius 2 is 1.76 bits per heavy atom. The van der Waals surface area contributed by atoms with Crippen LogP contribution in [0.25, 0.3) is 0 Å². The van der Waals surface area contributed by atoms with Crippen LogP contribution in [-0.2, 0) is 32.1 Å². The van der Waals surface area contributed by atoms with Gasteiger partial charge in [0.05, 0.1) is 18.9 Å². The number of ether oxygens (including phenoxy) is 3. The lowest BCUT2D eigenvalue weighted by Crippen LogP contribution is -2.37. The van der Waals surface area contributed by atoms with Crippen LogP contribution in [0.3, 0.4) is 0 Å². The van der Waals surface area contributed by atoms with Gasteiger partial charge < -0.3 is 14.2 Å². The molecule has 2 unspecified atom stereocenters. The number of carbonyl (C=O) groups is 2. The van der Waals surface area contributed by atoms with E-state index in [0.29, 0.717) is 19.4 Å². The summed E-state index contributed by atoms with van der Waals surface area (Å²) in [7, 11) is 1.35. The maximum atomic E-state index is 12.7. The smallest absolute Gasteiger partial charge is 0.314 e. The van der Waals surface area contributed by atoms with Crippen molar-refractivity contribution < 1.29 is 23.8 Å². The third kappa shape index (κ3) is 5.17. The molecular weight excluding hydrogens is 368 g/mol. The molecule has 1 aliphatic carbocycles. The number of fused-ring (bicyclic) bond motifs is 1. The van der Waals surface area contributed by atoms with Crippen LogP contribution in [0.15, 0.2) is 48.5 Å². The van der Waals surface area contributed by atoms with Gasteiger partial charge in [0.1, 0.15) is 18.0 Å². The number of hydrogen-bond donors (Lipinski definition) is 0. The predicted octanol–water partition coefficient (Wildman–Crippen LogP) is 4.43. The molecule has 0 N–H and O–H groups in total. The molecule has 29 heavy (non-hydrogen) atoms. The van der Waals surface area contributed by atoms with Gasteiger partial charge in [0.25, 0.3) is 0 Å². The van der Waals surface area contributed by atoms with Gasteiger partial charge in [-0.3, -0.25) is 9.59 Å². The summed E-state index contributed by atoms with van der Waals surface area (Å²) in [5.41, 5.74) is 2.30. The Labute approximate surface area is 172 Å². The Morgan fingerprint density at radius 3 is 2.41 bits per heavy atom. The molecule has 154 valence electrons. The highest BCUT2D eigenvalue weighted by Crippen LogP contribution is 2.40.